The fourth-order valence-electron chi connectivity index (χ4n) is 2.64. The van der Waals surface area contributed by atoms with Crippen LogP contribution in [0.15, 0.2) is 42.5 Å². The highest BCUT2D eigenvalue weighted by atomic mass is 19.1. The standard InChI is InChI=1S/C20H24FN3O4/c1-24(11-10-14-8-9-17(27-2)18(12-14)28-3)13-19(25)23-20(26)22-16-7-5-4-6-15(16)21/h4-9,12H,10-11,13H2,1-3H3,(H2,22,23,25,26)/p+1. The van der Waals surface area contributed by atoms with E-state index >= 15 is 0 Å². The van der Waals surface area contributed by atoms with Gasteiger partial charge in [0.05, 0.1) is 33.5 Å². The van der Waals surface area contributed by atoms with Gasteiger partial charge in [0, 0.05) is 6.42 Å². The van der Waals surface area contributed by atoms with E-state index in [1.807, 2.05) is 25.2 Å². The molecule has 1 atom stereocenters. The molecule has 3 amide bonds. The SMILES string of the molecule is COc1ccc(CC[NH+](C)CC(=O)NC(=O)Nc2ccccc2F)cc1OC. The summed E-state index contributed by atoms with van der Waals surface area (Å²) in [7, 11) is 5.02. The molecule has 2 aromatic carbocycles. The number of carbonyl (C=O) groups excluding carboxylic acids is 2. The second kappa shape index (κ2) is 10.3. The molecule has 8 heteroatoms. The number of amides is 3. The molecule has 0 spiro atoms. The zero-order valence-electron chi connectivity index (χ0n) is 16.2. The first kappa shape index (κ1) is 21.2. The molecule has 0 saturated carbocycles. The van der Waals surface area contributed by atoms with Gasteiger partial charge in [0.25, 0.3) is 5.91 Å². The van der Waals surface area contributed by atoms with Crippen molar-refractivity contribution < 1.29 is 28.4 Å². The Labute approximate surface area is 163 Å². The third kappa shape index (κ3) is 6.24. The zero-order chi connectivity index (χ0) is 20.5. The molecule has 0 aliphatic carbocycles. The molecule has 2 rings (SSSR count). The van der Waals surface area contributed by atoms with E-state index in [0.29, 0.717) is 18.0 Å². The maximum Gasteiger partial charge on any atom is 0.326 e. The second-order valence-electron chi connectivity index (χ2n) is 6.31. The summed E-state index contributed by atoms with van der Waals surface area (Å²) < 4.78 is 24.0. The minimum absolute atomic E-state index is 0.0157. The number of quaternary nitrogens is 1. The van der Waals surface area contributed by atoms with Crippen LogP contribution in [0.5, 0.6) is 11.5 Å². The fraction of sp³-hybridized carbons (Fsp3) is 0.300. The lowest BCUT2D eigenvalue weighted by Crippen LogP contribution is -3.10. The lowest BCUT2D eigenvalue weighted by atomic mass is 10.1. The summed E-state index contributed by atoms with van der Waals surface area (Å²) in [4.78, 5) is 24.8. The summed E-state index contributed by atoms with van der Waals surface area (Å²) in [5.41, 5.74) is 1.07. The van der Waals surface area contributed by atoms with Crippen LogP contribution in [0.3, 0.4) is 0 Å². The first-order valence-electron chi connectivity index (χ1n) is 8.80. The Hall–Kier alpha value is -3.13. The second-order valence-corrected chi connectivity index (χ2v) is 6.31. The molecule has 150 valence electrons. The van der Waals surface area contributed by atoms with Gasteiger partial charge in [-0.1, -0.05) is 18.2 Å². The number of urea groups is 1. The summed E-state index contributed by atoms with van der Waals surface area (Å²) in [5.74, 6) is 0.300. The number of hydrogen-bond donors (Lipinski definition) is 3. The molecule has 0 radical (unpaired) electrons. The number of imide groups is 1. The Morgan fingerprint density at radius 2 is 1.79 bits per heavy atom. The molecule has 0 aliphatic rings. The average Bonchev–Trinajstić information content (AvgIpc) is 2.67. The lowest BCUT2D eigenvalue weighted by Gasteiger charge is -2.15. The minimum atomic E-state index is -0.761. The van der Waals surface area contributed by atoms with Gasteiger partial charge in [-0.25, -0.2) is 9.18 Å². The van der Waals surface area contributed by atoms with E-state index in [-0.39, 0.29) is 12.2 Å². The van der Waals surface area contributed by atoms with Crippen molar-refractivity contribution in [2.24, 2.45) is 0 Å². The van der Waals surface area contributed by atoms with Gasteiger partial charge < -0.3 is 19.7 Å². The van der Waals surface area contributed by atoms with Gasteiger partial charge in [0.1, 0.15) is 5.82 Å². The molecular formula is C20H25FN3O4+. The van der Waals surface area contributed by atoms with Crippen LogP contribution >= 0.6 is 0 Å². The van der Waals surface area contributed by atoms with E-state index in [9.17, 15) is 14.0 Å². The Kier molecular flexibility index (Phi) is 7.76. The molecule has 0 bridgehead atoms. The number of anilines is 1. The predicted molar refractivity (Wildman–Crippen MR) is 103 cm³/mol. The van der Waals surface area contributed by atoms with Crippen molar-refractivity contribution in [2.45, 2.75) is 6.42 Å². The molecule has 28 heavy (non-hydrogen) atoms. The van der Waals surface area contributed by atoms with Crippen molar-refractivity contribution >= 4 is 17.6 Å². The van der Waals surface area contributed by atoms with Crippen LogP contribution in [0.25, 0.3) is 0 Å². The number of para-hydroxylation sites is 1. The van der Waals surface area contributed by atoms with Gasteiger partial charge in [-0.2, -0.15) is 0 Å². The van der Waals surface area contributed by atoms with E-state index in [1.165, 1.54) is 18.2 Å². The number of rotatable bonds is 8. The molecular weight excluding hydrogens is 365 g/mol. The Balaban J connectivity index is 1.79. The molecule has 1 unspecified atom stereocenters. The molecule has 2 aromatic rings. The molecule has 3 N–H and O–H groups in total. The van der Waals surface area contributed by atoms with Gasteiger partial charge >= 0.3 is 6.03 Å². The van der Waals surface area contributed by atoms with Gasteiger partial charge in [-0.15, -0.1) is 0 Å². The van der Waals surface area contributed by atoms with Crippen LogP contribution in [-0.4, -0.2) is 46.3 Å². The third-order valence-electron chi connectivity index (χ3n) is 4.13. The molecule has 7 nitrogen and oxygen atoms in total. The normalized spacial score (nSPS) is 11.4. The predicted octanol–water partition coefficient (Wildman–Crippen LogP) is 1.25. The summed E-state index contributed by atoms with van der Waals surface area (Å²) in [6.07, 6.45) is 0.723. The highest BCUT2D eigenvalue weighted by Gasteiger charge is 2.15. The van der Waals surface area contributed by atoms with Gasteiger partial charge in [0.2, 0.25) is 0 Å². The summed E-state index contributed by atoms with van der Waals surface area (Å²) in [5, 5.41) is 4.52. The van der Waals surface area contributed by atoms with Gasteiger partial charge in [-0.05, 0) is 29.8 Å². The lowest BCUT2D eigenvalue weighted by molar-refractivity contribution is -0.870. The van der Waals surface area contributed by atoms with Gasteiger partial charge in [0.15, 0.2) is 18.0 Å². The topological polar surface area (TPSA) is 81.1 Å². The number of ether oxygens (including phenoxy) is 2. The van der Waals surface area contributed by atoms with Crippen molar-refractivity contribution in [1.82, 2.24) is 5.32 Å². The van der Waals surface area contributed by atoms with Crippen LogP contribution in [0.1, 0.15) is 5.56 Å². The van der Waals surface area contributed by atoms with E-state index in [4.69, 9.17) is 9.47 Å². The summed E-state index contributed by atoms with van der Waals surface area (Å²) in [6.45, 7) is 0.788. The van der Waals surface area contributed by atoms with E-state index in [0.717, 1.165) is 16.9 Å². The molecule has 0 aliphatic heterocycles. The number of methoxy groups -OCH3 is 2. The van der Waals surface area contributed by atoms with Crippen molar-refractivity contribution in [3.8, 4) is 11.5 Å². The number of carbonyl (C=O) groups is 2. The van der Waals surface area contributed by atoms with Crippen LogP contribution in [0.4, 0.5) is 14.9 Å². The minimum Gasteiger partial charge on any atom is -0.493 e. The van der Waals surface area contributed by atoms with Crippen LogP contribution < -0.4 is 25.0 Å². The van der Waals surface area contributed by atoms with Crippen molar-refractivity contribution in [1.29, 1.82) is 0 Å². The Morgan fingerprint density at radius 1 is 1.07 bits per heavy atom. The van der Waals surface area contributed by atoms with Crippen LogP contribution in [0, 0.1) is 5.82 Å². The molecule has 0 heterocycles. The first-order chi connectivity index (χ1) is 13.4. The highest BCUT2D eigenvalue weighted by molar-refractivity contribution is 6.01. The van der Waals surface area contributed by atoms with Crippen LogP contribution in [-0.2, 0) is 11.2 Å². The smallest absolute Gasteiger partial charge is 0.326 e. The van der Waals surface area contributed by atoms with Crippen molar-refractivity contribution in [3.63, 3.8) is 0 Å². The monoisotopic (exact) mass is 390 g/mol. The zero-order valence-corrected chi connectivity index (χ0v) is 16.2. The third-order valence-corrected chi connectivity index (χ3v) is 4.13. The van der Waals surface area contributed by atoms with E-state index in [2.05, 4.69) is 10.6 Å². The average molecular weight is 390 g/mol. The number of hydrogen-bond acceptors (Lipinski definition) is 4. The number of benzene rings is 2. The van der Waals surface area contributed by atoms with E-state index in [1.54, 1.807) is 20.3 Å². The molecule has 0 fully saturated rings. The largest absolute Gasteiger partial charge is 0.493 e. The molecule has 0 saturated heterocycles. The summed E-state index contributed by atoms with van der Waals surface area (Å²) in [6, 6.07) is 10.7. The van der Waals surface area contributed by atoms with Crippen LogP contribution in [0.2, 0.25) is 0 Å². The number of halogens is 1. The van der Waals surface area contributed by atoms with Crippen molar-refractivity contribution in [2.75, 3.05) is 39.7 Å². The summed E-state index contributed by atoms with van der Waals surface area (Å²) >= 11 is 0. The Bertz CT molecular complexity index is 829. The molecule has 0 aromatic heterocycles. The maximum atomic E-state index is 13.5. The maximum absolute atomic E-state index is 13.5. The van der Waals surface area contributed by atoms with Gasteiger partial charge in [-0.3, -0.25) is 10.1 Å². The first-order valence-corrected chi connectivity index (χ1v) is 8.80. The Morgan fingerprint density at radius 3 is 2.46 bits per heavy atom. The number of likely N-dealkylation sites (N-methyl/N-ethyl adjacent to an activating group) is 1. The quantitative estimate of drug-likeness (QED) is 0.634. The number of nitrogens with one attached hydrogen (secondary N) is 3. The highest BCUT2D eigenvalue weighted by Crippen LogP contribution is 2.27. The van der Waals surface area contributed by atoms with Crippen molar-refractivity contribution in [3.05, 3.63) is 53.8 Å². The van der Waals surface area contributed by atoms with E-state index < -0.39 is 17.8 Å². The fourth-order valence-corrected chi connectivity index (χ4v) is 2.64.